The second kappa shape index (κ2) is 5.99. The van der Waals surface area contributed by atoms with E-state index in [0.717, 1.165) is 26.9 Å². The highest BCUT2D eigenvalue weighted by Gasteiger charge is 2.10. The zero-order valence-electron chi connectivity index (χ0n) is 10.7. The summed E-state index contributed by atoms with van der Waals surface area (Å²) in [4.78, 5) is 5.61. The highest BCUT2D eigenvalue weighted by atomic mass is 79.9. The van der Waals surface area contributed by atoms with Crippen LogP contribution in [0.2, 0.25) is 0 Å². The van der Waals surface area contributed by atoms with Crippen LogP contribution in [0.25, 0.3) is 11.1 Å². The molecule has 0 bridgehead atoms. The van der Waals surface area contributed by atoms with Crippen LogP contribution in [0.15, 0.2) is 61.5 Å². The molecule has 2 N–H and O–H groups in total. The number of aromatic nitrogens is 1. The third-order valence-electron chi connectivity index (χ3n) is 2.91. The van der Waals surface area contributed by atoms with Crippen LogP contribution in [0.5, 0.6) is 0 Å². The Labute approximate surface area is 129 Å². The van der Waals surface area contributed by atoms with Crippen molar-refractivity contribution in [2.24, 2.45) is 5.73 Å². The van der Waals surface area contributed by atoms with Crippen molar-refractivity contribution in [3.8, 4) is 0 Å². The minimum atomic E-state index is 0.628. The van der Waals surface area contributed by atoms with Crippen molar-refractivity contribution in [2.45, 2.75) is 16.5 Å². The second-order valence-electron chi connectivity index (χ2n) is 4.34. The summed E-state index contributed by atoms with van der Waals surface area (Å²) in [6.45, 7) is 0.628. The zero-order chi connectivity index (χ0) is 13.9. The summed E-state index contributed by atoms with van der Waals surface area (Å²) in [6.07, 6.45) is 0.843. The molecular weight excluding hydrogens is 336 g/mol. The number of benzene rings is 2. The molecule has 0 saturated carbocycles. The smallest absolute Gasteiger partial charge is 0.261 e. The lowest BCUT2D eigenvalue weighted by molar-refractivity contribution is 0.489. The maximum Gasteiger partial charge on any atom is 0.261 e. The maximum atomic E-state index is 5.75. The summed E-state index contributed by atoms with van der Waals surface area (Å²) >= 11 is 5.03. The van der Waals surface area contributed by atoms with Crippen LogP contribution in [0.4, 0.5) is 0 Å². The van der Waals surface area contributed by atoms with E-state index < -0.39 is 0 Å². The number of nitrogens with zero attached hydrogens (tertiary/aromatic N) is 1. The normalized spacial score (nSPS) is 11.1. The van der Waals surface area contributed by atoms with Gasteiger partial charge < -0.3 is 10.2 Å². The summed E-state index contributed by atoms with van der Waals surface area (Å²) in [5.74, 6) is 0. The fourth-order valence-corrected chi connectivity index (χ4v) is 3.44. The van der Waals surface area contributed by atoms with Crippen LogP contribution in [0.1, 0.15) is 5.56 Å². The molecular formula is C15H13BrN2OS. The summed E-state index contributed by atoms with van der Waals surface area (Å²) in [6, 6.07) is 14.0. The lowest BCUT2D eigenvalue weighted by atomic mass is 10.1. The van der Waals surface area contributed by atoms with Crippen LogP contribution in [0, 0.1) is 0 Å². The fourth-order valence-electron chi connectivity index (χ4n) is 1.97. The average Bonchev–Trinajstić information content (AvgIpc) is 2.84. The first-order valence-corrected chi connectivity index (χ1v) is 7.89. The first-order chi connectivity index (χ1) is 9.76. The van der Waals surface area contributed by atoms with Gasteiger partial charge in [0, 0.05) is 9.37 Å². The third kappa shape index (κ3) is 2.90. The molecule has 0 spiro atoms. The number of hydrogen-bond acceptors (Lipinski definition) is 4. The molecule has 102 valence electrons. The van der Waals surface area contributed by atoms with Crippen molar-refractivity contribution in [1.82, 2.24) is 4.98 Å². The number of halogens is 1. The Morgan fingerprint density at radius 1 is 1.20 bits per heavy atom. The zero-order valence-corrected chi connectivity index (χ0v) is 13.1. The summed E-state index contributed by atoms with van der Waals surface area (Å²) in [7, 11) is 0. The first kappa shape index (κ1) is 13.7. The number of nitrogens with two attached hydrogens (primary N) is 1. The monoisotopic (exact) mass is 348 g/mol. The Balaban J connectivity index is 1.95. The quantitative estimate of drug-likeness (QED) is 0.765. The van der Waals surface area contributed by atoms with Crippen LogP contribution in [-0.4, -0.2) is 11.5 Å². The largest absolute Gasteiger partial charge is 0.431 e. The van der Waals surface area contributed by atoms with E-state index in [2.05, 4.69) is 33.0 Å². The molecule has 0 unspecified atom stereocenters. The van der Waals surface area contributed by atoms with E-state index >= 15 is 0 Å². The molecule has 1 aromatic heterocycles. The van der Waals surface area contributed by atoms with E-state index in [1.54, 1.807) is 0 Å². The maximum absolute atomic E-state index is 5.75. The highest BCUT2D eigenvalue weighted by molar-refractivity contribution is 9.10. The highest BCUT2D eigenvalue weighted by Crippen LogP contribution is 2.33. The van der Waals surface area contributed by atoms with Crippen molar-refractivity contribution in [3.63, 3.8) is 0 Å². The number of para-hydroxylation sites is 2. The second-order valence-corrected chi connectivity index (χ2v) is 6.25. The Morgan fingerprint density at radius 2 is 2.05 bits per heavy atom. The minimum Gasteiger partial charge on any atom is -0.431 e. The van der Waals surface area contributed by atoms with E-state index in [1.165, 1.54) is 17.3 Å². The van der Waals surface area contributed by atoms with Gasteiger partial charge in [0.1, 0.15) is 5.52 Å². The molecule has 0 aliphatic rings. The predicted octanol–water partition coefficient (Wildman–Crippen LogP) is 4.24. The molecule has 5 heteroatoms. The Bertz CT molecular complexity index is 709. The van der Waals surface area contributed by atoms with E-state index in [9.17, 15) is 0 Å². The number of fused-ring (bicyclic) bond motifs is 1. The van der Waals surface area contributed by atoms with Crippen molar-refractivity contribution in [3.05, 3.63) is 52.5 Å². The van der Waals surface area contributed by atoms with Gasteiger partial charge in [-0.3, -0.25) is 0 Å². The standard InChI is InChI=1S/C15H13BrN2OS/c16-11-6-5-10(7-8-17)14(9-11)20-15-18-12-3-1-2-4-13(12)19-15/h1-6,9H,7-8,17H2. The summed E-state index contributed by atoms with van der Waals surface area (Å²) in [5, 5.41) is 0.655. The Hall–Kier alpha value is -1.30. The minimum absolute atomic E-state index is 0.628. The van der Waals surface area contributed by atoms with Gasteiger partial charge in [-0.2, -0.15) is 0 Å². The molecule has 0 aliphatic heterocycles. The van der Waals surface area contributed by atoms with Crippen molar-refractivity contribution >= 4 is 38.8 Å². The van der Waals surface area contributed by atoms with Gasteiger partial charge in [0.25, 0.3) is 5.22 Å². The van der Waals surface area contributed by atoms with Gasteiger partial charge in [0.2, 0.25) is 0 Å². The first-order valence-electron chi connectivity index (χ1n) is 6.28. The van der Waals surface area contributed by atoms with Gasteiger partial charge in [0.15, 0.2) is 5.58 Å². The Morgan fingerprint density at radius 3 is 2.85 bits per heavy atom. The summed E-state index contributed by atoms with van der Waals surface area (Å²) in [5.41, 5.74) is 8.56. The topological polar surface area (TPSA) is 52.0 Å². The fraction of sp³-hybridized carbons (Fsp3) is 0.133. The summed E-state index contributed by atoms with van der Waals surface area (Å²) < 4.78 is 6.79. The molecule has 0 amide bonds. The molecule has 0 radical (unpaired) electrons. The van der Waals surface area contributed by atoms with Gasteiger partial charge >= 0.3 is 0 Å². The predicted molar refractivity (Wildman–Crippen MR) is 85.0 cm³/mol. The number of rotatable bonds is 4. The van der Waals surface area contributed by atoms with Gasteiger partial charge in [-0.1, -0.05) is 34.1 Å². The number of oxazole rings is 1. The molecule has 0 fully saturated rings. The van der Waals surface area contributed by atoms with Crippen molar-refractivity contribution < 1.29 is 4.42 Å². The van der Waals surface area contributed by atoms with Crippen LogP contribution >= 0.6 is 27.7 Å². The molecule has 3 aromatic rings. The van der Waals surface area contributed by atoms with Gasteiger partial charge in [-0.25, -0.2) is 4.98 Å². The lowest BCUT2D eigenvalue weighted by Crippen LogP contribution is -2.03. The molecule has 20 heavy (non-hydrogen) atoms. The third-order valence-corrected chi connectivity index (χ3v) is 4.36. The Kier molecular flexibility index (Phi) is 4.10. The average molecular weight is 349 g/mol. The van der Waals surface area contributed by atoms with Gasteiger partial charge in [0.05, 0.1) is 0 Å². The van der Waals surface area contributed by atoms with Crippen LogP contribution in [0.3, 0.4) is 0 Å². The molecule has 0 atom stereocenters. The molecule has 1 heterocycles. The number of hydrogen-bond donors (Lipinski definition) is 1. The van der Waals surface area contributed by atoms with E-state index in [-0.39, 0.29) is 0 Å². The molecule has 2 aromatic carbocycles. The van der Waals surface area contributed by atoms with Gasteiger partial charge in [-0.05, 0) is 54.6 Å². The van der Waals surface area contributed by atoms with Crippen LogP contribution < -0.4 is 5.73 Å². The van der Waals surface area contributed by atoms with Crippen LogP contribution in [-0.2, 0) is 6.42 Å². The molecule has 3 nitrogen and oxygen atoms in total. The van der Waals surface area contributed by atoms with Gasteiger partial charge in [-0.15, -0.1) is 0 Å². The molecule has 0 saturated heterocycles. The van der Waals surface area contributed by atoms with Crippen molar-refractivity contribution in [1.29, 1.82) is 0 Å². The van der Waals surface area contributed by atoms with Crippen molar-refractivity contribution in [2.75, 3.05) is 6.54 Å². The van der Waals surface area contributed by atoms with E-state index in [1.807, 2.05) is 30.3 Å². The molecule has 0 aliphatic carbocycles. The van der Waals surface area contributed by atoms with E-state index in [4.69, 9.17) is 10.2 Å². The van der Waals surface area contributed by atoms with E-state index in [0.29, 0.717) is 11.8 Å². The molecule has 3 rings (SSSR count). The SMILES string of the molecule is NCCc1ccc(Br)cc1Sc1nc2ccccc2o1. The lowest BCUT2D eigenvalue weighted by Gasteiger charge is -2.06.